The molecule has 0 amide bonds. The minimum Gasteiger partial charge on any atom is -0.469 e. The number of hydrogen-bond acceptors (Lipinski definition) is 4. The lowest BCUT2D eigenvalue weighted by Crippen LogP contribution is -2.46. The van der Waals surface area contributed by atoms with Gasteiger partial charge in [-0.1, -0.05) is 24.3 Å². The third-order valence-electron chi connectivity index (χ3n) is 5.80. The number of aliphatic imine (C=N–C) groups is 1. The average Bonchev–Trinajstić information content (AvgIpc) is 3.44. The Hall–Kier alpha value is -3.06. The zero-order chi connectivity index (χ0) is 21.7. The van der Waals surface area contributed by atoms with Crippen molar-refractivity contribution in [3.63, 3.8) is 0 Å². The van der Waals surface area contributed by atoms with Crippen molar-refractivity contribution in [2.75, 3.05) is 13.1 Å². The number of aryl methyl sites for hydroxylation is 2. The maximum absolute atomic E-state index is 10.9. The molecule has 2 aromatic heterocycles. The maximum atomic E-state index is 10.9. The lowest BCUT2D eigenvalue weighted by Gasteiger charge is -2.28. The van der Waals surface area contributed by atoms with Gasteiger partial charge in [0.15, 0.2) is 5.96 Å². The Morgan fingerprint density at radius 3 is 2.87 bits per heavy atom. The number of aromatic nitrogens is 2. The van der Waals surface area contributed by atoms with Crippen molar-refractivity contribution in [1.29, 1.82) is 0 Å². The summed E-state index contributed by atoms with van der Waals surface area (Å²) in [6, 6.07) is 12.8. The summed E-state index contributed by atoms with van der Waals surface area (Å²) in [7, 11) is 1.84. The number of nitrogens with one attached hydrogen (secondary N) is 2. The van der Waals surface area contributed by atoms with E-state index < -0.39 is 5.60 Å². The van der Waals surface area contributed by atoms with Crippen molar-refractivity contribution in [3.05, 3.63) is 77.5 Å². The van der Waals surface area contributed by atoms with Crippen LogP contribution in [0.25, 0.3) is 0 Å². The van der Waals surface area contributed by atoms with E-state index in [9.17, 15) is 5.11 Å². The molecule has 1 aliphatic rings. The Morgan fingerprint density at radius 1 is 1.29 bits per heavy atom. The lowest BCUT2D eigenvalue weighted by molar-refractivity contribution is 0.0671. The first-order valence-electron chi connectivity index (χ1n) is 10.8. The summed E-state index contributed by atoms with van der Waals surface area (Å²) >= 11 is 0. The molecule has 7 nitrogen and oxygen atoms in total. The Labute approximate surface area is 183 Å². The van der Waals surface area contributed by atoms with Gasteiger partial charge < -0.3 is 20.2 Å². The molecule has 0 fully saturated rings. The summed E-state index contributed by atoms with van der Waals surface area (Å²) in [5, 5.41) is 22.1. The molecule has 3 aromatic rings. The fourth-order valence-corrected chi connectivity index (χ4v) is 3.95. The molecule has 0 bridgehead atoms. The molecule has 31 heavy (non-hydrogen) atoms. The van der Waals surface area contributed by atoms with Crippen molar-refractivity contribution >= 4 is 5.96 Å². The predicted molar refractivity (Wildman–Crippen MR) is 121 cm³/mol. The molecule has 2 atom stereocenters. The molecule has 0 saturated carbocycles. The highest BCUT2D eigenvalue weighted by Crippen LogP contribution is 2.22. The summed E-state index contributed by atoms with van der Waals surface area (Å²) in [5.74, 6) is 1.64. The van der Waals surface area contributed by atoms with Crippen LogP contribution in [0.1, 0.15) is 35.8 Å². The minimum atomic E-state index is -1.09. The van der Waals surface area contributed by atoms with Gasteiger partial charge in [-0.05, 0) is 49.4 Å². The zero-order valence-electron chi connectivity index (χ0n) is 18.2. The van der Waals surface area contributed by atoms with Gasteiger partial charge in [0, 0.05) is 37.8 Å². The van der Waals surface area contributed by atoms with Crippen LogP contribution in [0.2, 0.25) is 0 Å². The molecule has 164 valence electrons. The van der Waals surface area contributed by atoms with Gasteiger partial charge in [0.2, 0.25) is 0 Å². The van der Waals surface area contributed by atoms with Crippen LogP contribution in [0.5, 0.6) is 0 Å². The van der Waals surface area contributed by atoms with E-state index in [2.05, 4.69) is 40.0 Å². The van der Waals surface area contributed by atoms with Gasteiger partial charge in [0.05, 0.1) is 19.0 Å². The van der Waals surface area contributed by atoms with Crippen molar-refractivity contribution in [3.8, 4) is 0 Å². The fourth-order valence-electron chi connectivity index (χ4n) is 3.95. The standard InChI is InChI=1S/C24H31N5O2/c1-24(30,20-15-27-29(2)16-20)17-26-23(25-12-11-22-8-5-13-31-22)28-21-10-9-18-6-3-4-7-19(18)14-21/h3-8,13,15-16,21,30H,9-12,14,17H2,1-2H3,(H2,25,26,28). The summed E-state index contributed by atoms with van der Waals surface area (Å²) in [4.78, 5) is 4.73. The molecule has 4 rings (SSSR count). The van der Waals surface area contributed by atoms with Crippen LogP contribution in [0.15, 0.2) is 64.5 Å². The van der Waals surface area contributed by atoms with E-state index in [-0.39, 0.29) is 6.54 Å². The molecule has 2 heterocycles. The quantitative estimate of drug-likeness (QED) is 0.403. The number of guanidine groups is 1. The molecule has 0 aliphatic heterocycles. The summed E-state index contributed by atoms with van der Waals surface area (Å²) in [6.45, 7) is 2.70. The number of furan rings is 1. The van der Waals surface area contributed by atoms with E-state index in [1.54, 1.807) is 24.1 Å². The van der Waals surface area contributed by atoms with Gasteiger partial charge in [0.25, 0.3) is 0 Å². The molecule has 2 unspecified atom stereocenters. The first-order chi connectivity index (χ1) is 15.0. The number of nitrogens with zero attached hydrogens (tertiary/aromatic N) is 3. The monoisotopic (exact) mass is 421 g/mol. The molecule has 0 radical (unpaired) electrons. The third kappa shape index (κ3) is 5.55. The molecule has 1 aromatic carbocycles. The van der Waals surface area contributed by atoms with Gasteiger partial charge in [-0.25, -0.2) is 4.99 Å². The highest BCUT2D eigenvalue weighted by Gasteiger charge is 2.25. The Morgan fingerprint density at radius 2 is 2.13 bits per heavy atom. The van der Waals surface area contributed by atoms with Gasteiger partial charge >= 0.3 is 0 Å². The van der Waals surface area contributed by atoms with E-state index in [4.69, 9.17) is 9.41 Å². The van der Waals surface area contributed by atoms with Crippen molar-refractivity contribution < 1.29 is 9.52 Å². The van der Waals surface area contributed by atoms with Crippen LogP contribution in [-0.4, -0.2) is 40.0 Å². The van der Waals surface area contributed by atoms with Crippen molar-refractivity contribution in [1.82, 2.24) is 20.4 Å². The number of aliphatic hydroxyl groups is 1. The second kappa shape index (κ2) is 9.39. The van der Waals surface area contributed by atoms with Crippen LogP contribution >= 0.6 is 0 Å². The largest absolute Gasteiger partial charge is 0.469 e. The van der Waals surface area contributed by atoms with Crippen LogP contribution in [-0.2, 0) is 31.9 Å². The molecule has 0 spiro atoms. The Kier molecular flexibility index (Phi) is 6.42. The van der Waals surface area contributed by atoms with E-state index >= 15 is 0 Å². The Balaban J connectivity index is 1.43. The number of hydrogen-bond donors (Lipinski definition) is 3. The average molecular weight is 422 g/mol. The van der Waals surface area contributed by atoms with Crippen LogP contribution in [0.4, 0.5) is 0 Å². The normalized spacial score (nSPS) is 18.3. The van der Waals surface area contributed by atoms with E-state index in [0.717, 1.165) is 37.0 Å². The van der Waals surface area contributed by atoms with Gasteiger partial charge in [0.1, 0.15) is 11.4 Å². The second-order valence-corrected chi connectivity index (χ2v) is 8.45. The first kappa shape index (κ1) is 21.2. The lowest BCUT2D eigenvalue weighted by atomic mass is 9.88. The highest BCUT2D eigenvalue weighted by molar-refractivity contribution is 5.80. The number of fused-ring (bicyclic) bond motifs is 1. The number of benzene rings is 1. The predicted octanol–water partition coefficient (Wildman–Crippen LogP) is 2.56. The van der Waals surface area contributed by atoms with Gasteiger partial charge in [-0.15, -0.1) is 0 Å². The minimum absolute atomic E-state index is 0.234. The molecule has 3 N–H and O–H groups in total. The van der Waals surface area contributed by atoms with Crippen LogP contribution < -0.4 is 10.6 Å². The number of rotatable bonds is 7. The van der Waals surface area contributed by atoms with Gasteiger partial charge in [-0.2, -0.15) is 5.10 Å². The van der Waals surface area contributed by atoms with Crippen LogP contribution in [0, 0.1) is 0 Å². The van der Waals surface area contributed by atoms with Crippen molar-refractivity contribution in [2.24, 2.45) is 12.0 Å². The Bertz CT molecular complexity index is 1010. The van der Waals surface area contributed by atoms with Crippen LogP contribution in [0.3, 0.4) is 0 Å². The van der Waals surface area contributed by atoms with E-state index in [0.29, 0.717) is 18.5 Å². The highest BCUT2D eigenvalue weighted by atomic mass is 16.3. The second-order valence-electron chi connectivity index (χ2n) is 8.45. The van der Waals surface area contributed by atoms with Crippen molar-refractivity contribution in [2.45, 2.75) is 44.2 Å². The maximum Gasteiger partial charge on any atom is 0.191 e. The van der Waals surface area contributed by atoms with E-state index in [1.807, 2.05) is 25.4 Å². The van der Waals surface area contributed by atoms with E-state index in [1.165, 1.54) is 11.1 Å². The SMILES string of the molecule is Cn1cc(C(C)(O)CN=C(NCCc2ccco2)NC2CCc3ccccc3C2)cn1. The molecular formula is C24H31N5O2. The zero-order valence-corrected chi connectivity index (χ0v) is 18.2. The summed E-state index contributed by atoms with van der Waals surface area (Å²) < 4.78 is 7.12. The fraction of sp³-hybridized carbons (Fsp3) is 0.417. The molecule has 7 heteroatoms. The first-order valence-corrected chi connectivity index (χ1v) is 10.8. The molecule has 1 aliphatic carbocycles. The summed E-state index contributed by atoms with van der Waals surface area (Å²) in [6.07, 6.45) is 9.03. The molecular weight excluding hydrogens is 390 g/mol. The summed E-state index contributed by atoms with van der Waals surface area (Å²) in [5.41, 5.74) is 2.48. The third-order valence-corrected chi connectivity index (χ3v) is 5.80. The smallest absolute Gasteiger partial charge is 0.191 e. The topological polar surface area (TPSA) is 87.6 Å². The molecule has 0 saturated heterocycles. The van der Waals surface area contributed by atoms with Gasteiger partial charge in [-0.3, -0.25) is 4.68 Å².